The van der Waals surface area contributed by atoms with Gasteiger partial charge in [0.1, 0.15) is 11.4 Å². The minimum Gasteiger partial charge on any atom is -0.390 e. The molecule has 24 heavy (non-hydrogen) atoms. The predicted octanol–water partition coefficient (Wildman–Crippen LogP) is 3.78. The van der Waals surface area contributed by atoms with Crippen molar-refractivity contribution in [2.24, 2.45) is 34.5 Å². The van der Waals surface area contributed by atoms with Gasteiger partial charge in [0.15, 0.2) is 0 Å². The third kappa shape index (κ3) is 1.73. The van der Waals surface area contributed by atoms with E-state index >= 15 is 0 Å². The third-order valence-electron chi connectivity index (χ3n) is 9.25. The summed E-state index contributed by atoms with van der Waals surface area (Å²) in [6, 6.07) is 0. The van der Waals surface area contributed by atoms with Crippen molar-refractivity contribution in [3.63, 3.8) is 0 Å². The van der Waals surface area contributed by atoms with Crippen LogP contribution in [-0.2, 0) is 12.8 Å². The quantitative estimate of drug-likeness (QED) is 0.786. The fourth-order valence-corrected chi connectivity index (χ4v) is 7.50. The molecule has 1 aromatic rings. The monoisotopic (exact) mass is 330 g/mol. The normalized spacial score (nSPS) is 53.0. The summed E-state index contributed by atoms with van der Waals surface area (Å²) in [7, 11) is 0. The molecule has 3 saturated carbocycles. The lowest BCUT2D eigenvalue weighted by molar-refractivity contribution is -0.139. The Morgan fingerprint density at radius 1 is 0.958 bits per heavy atom. The lowest BCUT2D eigenvalue weighted by Gasteiger charge is -2.60. The fourth-order valence-electron chi connectivity index (χ4n) is 7.50. The van der Waals surface area contributed by atoms with E-state index in [1.165, 1.54) is 32.1 Å². The van der Waals surface area contributed by atoms with Gasteiger partial charge in [-0.15, -0.1) is 0 Å². The first-order valence-electron chi connectivity index (χ1n) is 9.88. The zero-order chi connectivity index (χ0) is 16.7. The van der Waals surface area contributed by atoms with Crippen molar-refractivity contribution < 1.29 is 9.74 Å². The van der Waals surface area contributed by atoms with Gasteiger partial charge in [-0.1, -0.05) is 24.2 Å². The van der Waals surface area contributed by atoms with E-state index in [1.807, 2.05) is 0 Å². The highest BCUT2D eigenvalue weighted by Gasteiger charge is 2.63. The molecule has 0 aromatic carbocycles. The first-order chi connectivity index (χ1) is 11.4. The van der Waals surface area contributed by atoms with Crippen LogP contribution in [0.1, 0.15) is 70.7 Å². The largest absolute Gasteiger partial charge is 0.390 e. The van der Waals surface area contributed by atoms with Gasteiger partial charge in [0.2, 0.25) is 0 Å². The van der Waals surface area contributed by atoms with Gasteiger partial charge in [0.05, 0.1) is 5.60 Å². The van der Waals surface area contributed by atoms with Gasteiger partial charge in [-0.05, 0) is 86.4 Å². The molecule has 1 N–H and O–H groups in total. The molecule has 1 aromatic heterocycles. The van der Waals surface area contributed by atoms with Crippen molar-refractivity contribution in [2.75, 3.05) is 0 Å². The molecule has 7 atom stereocenters. The standard InChI is InChI=1S/C20H30N2O2/c1-18-11-17-16(21-24-22-17)10-12(18)4-5-13-14(18)6-8-19(2)15(13)7-9-20(19,3)23/h12-15,23H,4-11H2,1-3H3/t12-,13+,14-,15-,18-,19+,20+/m0/s1. The third-order valence-corrected chi connectivity index (χ3v) is 9.25. The molecule has 4 aliphatic carbocycles. The molecular weight excluding hydrogens is 300 g/mol. The van der Waals surface area contributed by atoms with Crippen LogP contribution in [0.3, 0.4) is 0 Å². The minimum atomic E-state index is -0.476. The van der Waals surface area contributed by atoms with Crippen molar-refractivity contribution in [3.8, 4) is 0 Å². The fraction of sp³-hybridized carbons (Fsp3) is 0.900. The molecule has 4 aliphatic rings. The summed E-state index contributed by atoms with van der Waals surface area (Å²) in [4.78, 5) is 0. The van der Waals surface area contributed by atoms with E-state index in [0.717, 1.165) is 48.4 Å². The Morgan fingerprint density at radius 3 is 2.54 bits per heavy atom. The Balaban J connectivity index is 1.50. The number of aromatic nitrogens is 2. The van der Waals surface area contributed by atoms with E-state index in [0.29, 0.717) is 11.3 Å². The average molecular weight is 330 g/mol. The first kappa shape index (κ1) is 15.4. The molecule has 4 nitrogen and oxygen atoms in total. The number of fused-ring (bicyclic) bond motifs is 6. The molecule has 0 unspecified atom stereocenters. The van der Waals surface area contributed by atoms with Crippen LogP contribution in [0.5, 0.6) is 0 Å². The van der Waals surface area contributed by atoms with Gasteiger partial charge in [-0.25, -0.2) is 4.63 Å². The Hall–Kier alpha value is -0.900. The molecule has 132 valence electrons. The Bertz CT molecular complexity index is 668. The number of aliphatic hydroxyl groups is 1. The van der Waals surface area contributed by atoms with Crippen LogP contribution in [0.15, 0.2) is 4.63 Å². The topological polar surface area (TPSA) is 59.2 Å². The Morgan fingerprint density at radius 2 is 1.71 bits per heavy atom. The second-order valence-corrected chi connectivity index (χ2v) is 9.96. The van der Waals surface area contributed by atoms with Gasteiger partial charge in [-0.3, -0.25) is 0 Å². The molecule has 0 bridgehead atoms. The molecule has 0 radical (unpaired) electrons. The average Bonchev–Trinajstić information content (AvgIpc) is 3.06. The highest BCUT2D eigenvalue weighted by molar-refractivity contribution is 5.21. The predicted molar refractivity (Wildman–Crippen MR) is 90.2 cm³/mol. The number of hydrogen-bond donors (Lipinski definition) is 1. The number of rotatable bonds is 0. The molecule has 0 amide bonds. The van der Waals surface area contributed by atoms with Crippen molar-refractivity contribution >= 4 is 0 Å². The van der Waals surface area contributed by atoms with Crippen LogP contribution >= 0.6 is 0 Å². The summed E-state index contributed by atoms with van der Waals surface area (Å²) in [6.07, 6.45) is 9.37. The van der Waals surface area contributed by atoms with Crippen LogP contribution in [0, 0.1) is 34.5 Å². The zero-order valence-corrected chi connectivity index (χ0v) is 15.2. The van der Waals surface area contributed by atoms with Gasteiger partial charge < -0.3 is 5.11 Å². The molecule has 1 heterocycles. The van der Waals surface area contributed by atoms with Crippen LogP contribution in [0.4, 0.5) is 0 Å². The van der Waals surface area contributed by atoms with Gasteiger partial charge >= 0.3 is 0 Å². The van der Waals surface area contributed by atoms with Crippen molar-refractivity contribution in [3.05, 3.63) is 11.4 Å². The molecule has 0 spiro atoms. The first-order valence-corrected chi connectivity index (χ1v) is 9.88. The Kier molecular flexibility index (Phi) is 2.96. The highest BCUT2D eigenvalue weighted by atomic mass is 16.6. The summed E-state index contributed by atoms with van der Waals surface area (Å²) in [5.74, 6) is 2.97. The molecule has 0 saturated heterocycles. The van der Waals surface area contributed by atoms with E-state index in [2.05, 4.69) is 31.1 Å². The van der Waals surface area contributed by atoms with Gasteiger partial charge in [0.25, 0.3) is 0 Å². The summed E-state index contributed by atoms with van der Waals surface area (Å²) in [5, 5.41) is 19.4. The second-order valence-electron chi connectivity index (χ2n) is 9.96. The van der Waals surface area contributed by atoms with Crippen molar-refractivity contribution in [1.29, 1.82) is 0 Å². The van der Waals surface area contributed by atoms with Crippen LogP contribution < -0.4 is 0 Å². The SMILES string of the molecule is C[C@]12Cc3nonc3C[C@@H]1CC[C@@H]1[C@@H]2CC[C@]2(C)[C@H]1CC[C@@]2(C)O. The van der Waals surface area contributed by atoms with E-state index < -0.39 is 5.60 Å². The van der Waals surface area contributed by atoms with E-state index in [4.69, 9.17) is 4.63 Å². The van der Waals surface area contributed by atoms with E-state index in [1.54, 1.807) is 0 Å². The number of hydrogen-bond acceptors (Lipinski definition) is 4. The highest BCUT2D eigenvalue weighted by Crippen LogP contribution is 2.67. The maximum Gasteiger partial charge on any atom is 0.108 e. The second kappa shape index (κ2) is 4.63. The van der Waals surface area contributed by atoms with E-state index in [-0.39, 0.29) is 5.41 Å². The van der Waals surface area contributed by atoms with Crippen LogP contribution in [-0.4, -0.2) is 21.0 Å². The van der Waals surface area contributed by atoms with Crippen molar-refractivity contribution in [2.45, 2.75) is 77.7 Å². The van der Waals surface area contributed by atoms with E-state index in [9.17, 15) is 5.11 Å². The van der Waals surface area contributed by atoms with Crippen LogP contribution in [0.2, 0.25) is 0 Å². The molecule has 0 aliphatic heterocycles. The molecule has 3 fully saturated rings. The minimum absolute atomic E-state index is 0.118. The van der Waals surface area contributed by atoms with Crippen molar-refractivity contribution in [1.82, 2.24) is 10.3 Å². The number of nitrogens with zero attached hydrogens (tertiary/aromatic N) is 2. The summed E-state index contributed by atoms with van der Waals surface area (Å²) in [6.45, 7) is 6.98. The smallest absolute Gasteiger partial charge is 0.108 e. The van der Waals surface area contributed by atoms with Gasteiger partial charge in [-0.2, -0.15) is 0 Å². The lowest BCUT2D eigenvalue weighted by atomic mass is 9.45. The summed E-state index contributed by atoms with van der Waals surface area (Å²) in [5.41, 5.74) is 2.20. The lowest BCUT2D eigenvalue weighted by Crippen LogP contribution is -2.56. The molecule has 5 rings (SSSR count). The Labute approximate surface area is 144 Å². The summed E-state index contributed by atoms with van der Waals surface area (Å²) >= 11 is 0. The summed E-state index contributed by atoms with van der Waals surface area (Å²) < 4.78 is 5.03. The molecule has 4 heteroatoms. The zero-order valence-electron chi connectivity index (χ0n) is 15.2. The van der Waals surface area contributed by atoms with Gasteiger partial charge in [0, 0.05) is 6.42 Å². The maximum atomic E-state index is 11.0. The van der Waals surface area contributed by atoms with Crippen LogP contribution in [0.25, 0.3) is 0 Å². The maximum absolute atomic E-state index is 11.0. The molecular formula is C20H30N2O2.